The maximum absolute atomic E-state index is 13.1. The Hall–Kier alpha value is -3.12. The number of fused-ring (bicyclic) bond motifs is 2. The Morgan fingerprint density at radius 2 is 1.84 bits per heavy atom. The summed E-state index contributed by atoms with van der Waals surface area (Å²) in [5, 5.41) is 11.4. The number of aryl methyl sites for hydroxylation is 1. The Kier molecular flexibility index (Phi) is 5.02. The molecule has 1 amide bonds. The van der Waals surface area contributed by atoms with Gasteiger partial charge in [0, 0.05) is 18.5 Å². The second kappa shape index (κ2) is 7.85. The molecule has 0 radical (unpaired) electrons. The lowest BCUT2D eigenvalue weighted by Crippen LogP contribution is -2.42. The Labute approximate surface area is 180 Å². The average molecular weight is 419 g/mol. The van der Waals surface area contributed by atoms with E-state index in [-0.39, 0.29) is 29.4 Å². The highest BCUT2D eigenvalue weighted by Crippen LogP contribution is 2.38. The van der Waals surface area contributed by atoms with E-state index in [4.69, 9.17) is 9.15 Å². The van der Waals surface area contributed by atoms with Gasteiger partial charge in [0.1, 0.15) is 23.0 Å². The molecular formula is C25H25NO5. The zero-order valence-electron chi connectivity index (χ0n) is 17.4. The van der Waals surface area contributed by atoms with Gasteiger partial charge in [0.05, 0.1) is 6.10 Å². The second-order valence-corrected chi connectivity index (χ2v) is 8.73. The van der Waals surface area contributed by atoms with Crippen molar-refractivity contribution >= 4 is 16.9 Å². The lowest BCUT2D eigenvalue weighted by atomic mass is 9.78. The molecule has 1 saturated heterocycles. The number of carbonyl (C=O) groups is 1. The highest BCUT2D eigenvalue weighted by molar-refractivity contribution is 5.96. The van der Waals surface area contributed by atoms with Crippen LogP contribution in [0.3, 0.4) is 0 Å². The molecule has 2 heterocycles. The predicted molar refractivity (Wildman–Crippen MR) is 116 cm³/mol. The quantitative estimate of drug-likeness (QED) is 0.659. The lowest BCUT2D eigenvalue weighted by Gasteiger charge is -2.35. The van der Waals surface area contributed by atoms with Crippen LogP contribution in [0.2, 0.25) is 0 Å². The van der Waals surface area contributed by atoms with Crippen molar-refractivity contribution < 1.29 is 19.1 Å². The Morgan fingerprint density at radius 3 is 2.65 bits per heavy atom. The summed E-state index contributed by atoms with van der Waals surface area (Å²) in [5.74, 6) is 0.875. The van der Waals surface area contributed by atoms with Gasteiger partial charge in [-0.1, -0.05) is 30.3 Å². The number of benzene rings is 2. The van der Waals surface area contributed by atoms with Crippen LogP contribution in [0, 0.1) is 18.8 Å². The van der Waals surface area contributed by atoms with Crippen molar-refractivity contribution in [3.8, 4) is 5.75 Å². The fourth-order valence-corrected chi connectivity index (χ4v) is 4.93. The maximum Gasteiger partial charge on any atom is 0.349 e. The van der Waals surface area contributed by atoms with Crippen molar-refractivity contribution in [3.63, 3.8) is 0 Å². The summed E-state index contributed by atoms with van der Waals surface area (Å²) < 4.78 is 11.4. The number of hydrogen-bond acceptors (Lipinski definition) is 5. The van der Waals surface area contributed by atoms with Crippen LogP contribution >= 0.6 is 0 Å². The van der Waals surface area contributed by atoms with Gasteiger partial charge in [-0.25, -0.2) is 4.79 Å². The minimum absolute atomic E-state index is 0.0606. The minimum Gasteiger partial charge on any atom is -0.488 e. The molecule has 1 aromatic heterocycles. The molecule has 3 aromatic rings. The molecule has 0 spiro atoms. The van der Waals surface area contributed by atoms with E-state index >= 15 is 0 Å². The number of para-hydroxylation sites is 1. The zero-order chi connectivity index (χ0) is 21.5. The third-order valence-corrected chi connectivity index (χ3v) is 6.52. The minimum atomic E-state index is -0.612. The average Bonchev–Trinajstić information content (AvgIpc) is 3.16. The number of likely N-dealkylation sites (tertiary alicyclic amines) is 1. The molecule has 5 rings (SSSR count). The summed E-state index contributed by atoms with van der Waals surface area (Å²) in [4.78, 5) is 27.2. The van der Waals surface area contributed by atoms with Crippen molar-refractivity contribution in [1.82, 2.24) is 4.90 Å². The number of carbonyl (C=O) groups excluding carboxylic acids is 1. The molecule has 1 aliphatic carbocycles. The van der Waals surface area contributed by atoms with Crippen LogP contribution in [0.15, 0.2) is 63.8 Å². The fraction of sp³-hybridized carbons (Fsp3) is 0.360. The van der Waals surface area contributed by atoms with Crippen molar-refractivity contribution in [1.29, 1.82) is 0 Å². The molecule has 2 fully saturated rings. The number of nitrogens with zero attached hydrogens (tertiary/aromatic N) is 1. The molecule has 31 heavy (non-hydrogen) atoms. The van der Waals surface area contributed by atoms with E-state index in [1.165, 1.54) is 0 Å². The highest BCUT2D eigenvalue weighted by atomic mass is 16.5. The van der Waals surface area contributed by atoms with E-state index in [1.54, 1.807) is 23.1 Å². The van der Waals surface area contributed by atoms with Gasteiger partial charge in [0.25, 0.3) is 5.91 Å². The van der Waals surface area contributed by atoms with E-state index in [0.717, 1.165) is 16.7 Å². The summed E-state index contributed by atoms with van der Waals surface area (Å²) >= 11 is 0. The lowest BCUT2D eigenvalue weighted by molar-refractivity contribution is -0.0231. The third-order valence-electron chi connectivity index (χ3n) is 6.52. The van der Waals surface area contributed by atoms with Crippen molar-refractivity contribution in [3.05, 3.63) is 76.1 Å². The van der Waals surface area contributed by atoms with Gasteiger partial charge < -0.3 is 19.2 Å². The number of rotatable bonds is 3. The number of aliphatic hydroxyl groups excluding tert-OH is 1. The van der Waals surface area contributed by atoms with Crippen molar-refractivity contribution in [2.24, 2.45) is 11.8 Å². The summed E-state index contributed by atoms with van der Waals surface area (Å²) in [5.41, 5.74) is 1.02. The van der Waals surface area contributed by atoms with Crippen LogP contribution in [0.4, 0.5) is 0 Å². The van der Waals surface area contributed by atoms with Gasteiger partial charge in [-0.15, -0.1) is 0 Å². The first-order valence-corrected chi connectivity index (χ1v) is 10.7. The van der Waals surface area contributed by atoms with Crippen molar-refractivity contribution in [2.75, 3.05) is 13.1 Å². The Bertz CT molecular complexity index is 1190. The molecule has 0 unspecified atom stereocenters. The van der Waals surface area contributed by atoms with E-state index in [0.29, 0.717) is 31.5 Å². The second-order valence-electron chi connectivity index (χ2n) is 8.73. The van der Waals surface area contributed by atoms with E-state index < -0.39 is 11.7 Å². The van der Waals surface area contributed by atoms with Crippen LogP contribution in [-0.2, 0) is 0 Å². The summed E-state index contributed by atoms with van der Waals surface area (Å²) in [7, 11) is 0. The first-order valence-electron chi connectivity index (χ1n) is 10.7. The summed E-state index contributed by atoms with van der Waals surface area (Å²) in [6, 6.07) is 16.6. The van der Waals surface area contributed by atoms with Crippen LogP contribution in [0.1, 0.15) is 28.8 Å². The molecule has 0 bridgehead atoms. The molecule has 160 valence electrons. The monoisotopic (exact) mass is 419 g/mol. The molecular weight excluding hydrogens is 394 g/mol. The van der Waals surface area contributed by atoms with Gasteiger partial charge in [0.2, 0.25) is 0 Å². The van der Waals surface area contributed by atoms with Gasteiger partial charge in [-0.2, -0.15) is 0 Å². The van der Waals surface area contributed by atoms with E-state index in [9.17, 15) is 14.7 Å². The third kappa shape index (κ3) is 3.83. The largest absolute Gasteiger partial charge is 0.488 e. The van der Waals surface area contributed by atoms with E-state index in [2.05, 4.69) is 0 Å². The summed E-state index contributed by atoms with van der Waals surface area (Å²) in [6.45, 7) is 3.09. The number of aliphatic hydroxyl groups is 1. The highest BCUT2D eigenvalue weighted by Gasteiger charge is 2.44. The topological polar surface area (TPSA) is 80.0 Å². The predicted octanol–water partition coefficient (Wildman–Crippen LogP) is 3.39. The smallest absolute Gasteiger partial charge is 0.349 e. The van der Waals surface area contributed by atoms with E-state index in [1.807, 2.05) is 43.3 Å². The molecule has 6 heteroatoms. The molecule has 1 N–H and O–H groups in total. The molecule has 2 aliphatic rings. The van der Waals surface area contributed by atoms with Crippen LogP contribution in [0.5, 0.6) is 5.75 Å². The molecule has 2 aromatic carbocycles. The Balaban J connectivity index is 1.32. The molecule has 1 saturated carbocycles. The van der Waals surface area contributed by atoms with Crippen molar-refractivity contribution in [2.45, 2.75) is 32.0 Å². The summed E-state index contributed by atoms with van der Waals surface area (Å²) in [6.07, 6.45) is 0.374. The van der Waals surface area contributed by atoms with Gasteiger partial charge in [-0.3, -0.25) is 4.79 Å². The zero-order valence-corrected chi connectivity index (χ0v) is 17.4. The normalized spacial score (nSPS) is 25.4. The molecule has 6 nitrogen and oxygen atoms in total. The first-order chi connectivity index (χ1) is 15.0. The maximum atomic E-state index is 13.1. The van der Waals surface area contributed by atoms with Crippen LogP contribution in [-0.4, -0.2) is 41.2 Å². The first kappa shape index (κ1) is 19.8. The van der Waals surface area contributed by atoms with Gasteiger partial charge >= 0.3 is 5.63 Å². The number of hydrogen-bond donors (Lipinski definition) is 1. The molecule has 1 aliphatic heterocycles. The van der Waals surface area contributed by atoms with Crippen LogP contribution in [0.25, 0.3) is 11.0 Å². The number of amides is 1. The Morgan fingerprint density at radius 1 is 1.06 bits per heavy atom. The van der Waals surface area contributed by atoms with Gasteiger partial charge in [0.15, 0.2) is 0 Å². The SMILES string of the molecule is Cc1cccc(O[C@@H]2C[C@@H]3CN(C(=O)c4cc5ccccc5oc4=O)C[C@@H]3C[C@H]2O)c1. The number of ether oxygens (including phenoxy) is 1. The molecule has 4 atom stereocenters. The van der Waals surface area contributed by atoms with Crippen LogP contribution < -0.4 is 10.4 Å². The standard InChI is InChI=1S/C25H25NO5/c1-15-5-4-7-19(9-15)30-23-12-18-14-26(13-17(18)11-21(23)27)24(28)20-10-16-6-2-3-8-22(16)31-25(20)29/h2-10,17-18,21,23,27H,11-14H2,1H3/t17-,18+,21+,23+/m0/s1. The fourth-order valence-electron chi connectivity index (χ4n) is 4.93. The van der Waals surface area contributed by atoms with Gasteiger partial charge in [-0.05, 0) is 61.4 Å².